The van der Waals surface area contributed by atoms with Crippen molar-refractivity contribution >= 4 is 5.96 Å². The molecule has 1 saturated heterocycles. The minimum Gasteiger partial charge on any atom is -0.493 e. The molecule has 0 amide bonds. The number of hydrogen-bond acceptors (Lipinski definition) is 4. The maximum atomic E-state index is 5.77. The van der Waals surface area contributed by atoms with Gasteiger partial charge in [-0.2, -0.15) is 0 Å². The van der Waals surface area contributed by atoms with E-state index in [4.69, 9.17) is 14.5 Å². The summed E-state index contributed by atoms with van der Waals surface area (Å²) in [4.78, 5) is 7.35. The molecule has 0 aromatic heterocycles. The maximum absolute atomic E-state index is 5.77. The van der Waals surface area contributed by atoms with Crippen molar-refractivity contribution in [3.8, 4) is 5.75 Å². The number of nitrogens with one attached hydrogen (secondary N) is 2. The van der Waals surface area contributed by atoms with Gasteiger partial charge in [0.25, 0.3) is 0 Å². The molecular weight excluding hydrogens is 328 g/mol. The number of nitrogens with zero attached hydrogens (tertiary/aromatic N) is 2. The smallest absolute Gasteiger partial charge is 0.191 e. The van der Waals surface area contributed by atoms with E-state index < -0.39 is 0 Å². The van der Waals surface area contributed by atoms with Crippen LogP contribution in [-0.4, -0.2) is 62.4 Å². The number of morpholine rings is 1. The van der Waals surface area contributed by atoms with E-state index >= 15 is 0 Å². The van der Waals surface area contributed by atoms with Gasteiger partial charge in [-0.3, -0.25) is 9.89 Å². The van der Waals surface area contributed by atoms with Gasteiger partial charge in [0.15, 0.2) is 5.96 Å². The van der Waals surface area contributed by atoms with Gasteiger partial charge in [0, 0.05) is 37.2 Å². The van der Waals surface area contributed by atoms with Gasteiger partial charge in [0.2, 0.25) is 0 Å². The molecule has 0 bridgehead atoms. The Morgan fingerprint density at radius 1 is 1.35 bits per heavy atom. The third-order valence-corrected chi connectivity index (χ3v) is 5.11. The Hall–Kier alpha value is -1.79. The molecule has 6 nitrogen and oxygen atoms in total. The molecule has 3 unspecified atom stereocenters. The van der Waals surface area contributed by atoms with Crippen LogP contribution in [0.25, 0.3) is 0 Å². The molecule has 3 atom stereocenters. The van der Waals surface area contributed by atoms with Crippen LogP contribution in [0.15, 0.2) is 29.3 Å². The average molecular weight is 361 g/mol. The average Bonchev–Trinajstić information content (AvgIpc) is 2.66. The monoisotopic (exact) mass is 360 g/mol. The predicted octanol–water partition coefficient (Wildman–Crippen LogP) is 2.17. The second kappa shape index (κ2) is 9.24. The molecule has 1 aromatic rings. The molecule has 144 valence electrons. The summed E-state index contributed by atoms with van der Waals surface area (Å²) in [5.41, 5.74) is 1.21. The Bertz CT molecular complexity index is 607. The molecule has 0 saturated carbocycles. The fourth-order valence-corrected chi connectivity index (χ4v) is 3.70. The van der Waals surface area contributed by atoms with Crippen LogP contribution in [0.2, 0.25) is 0 Å². The van der Waals surface area contributed by atoms with E-state index in [1.165, 1.54) is 5.56 Å². The summed E-state index contributed by atoms with van der Waals surface area (Å²) in [5.74, 6) is 1.85. The van der Waals surface area contributed by atoms with Gasteiger partial charge in [0.05, 0.1) is 32.4 Å². The molecule has 2 aliphatic rings. The van der Waals surface area contributed by atoms with E-state index in [2.05, 4.69) is 48.4 Å². The molecule has 3 rings (SSSR count). The fourth-order valence-electron chi connectivity index (χ4n) is 3.70. The normalized spacial score (nSPS) is 25.1. The molecule has 0 spiro atoms. The Labute approximate surface area is 157 Å². The summed E-state index contributed by atoms with van der Waals surface area (Å²) >= 11 is 0. The number of para-hydroxylation sites is 1. The molecule has 6 heteroatoms. The van der Waals surface area contributed by atoms with Crippen LogP contribution < -0.4 is 15.4 Å². The van der Waals surface area contributed by atoms with Gasteiger partial charge < -0.3 is 20.1 Å². The number of fused-ring (bicyclic) bond motifs is 1. The summed E-state index contributed by atoms with van der Waals surface area (Å²) in [7, 11) is 0. The van der Waals surface area contributed by atoms with Gasteiger partial charge in [-0.1, -0.05) is 18.2 Å². The van der Waals surface area contributed by atoms with E-state index in [0.29, 0.717) is 12.1 Å². The number of hydrogen-bond donors (Lipinski definition) is 2. The third kappa shape index (κ3) is 4.68. The number of aliphatic imine (C=N–C) groups is 1. The first-order chi connectivity index (χ1) is 12.7. The number of ether oxygens (including phenoxy) is 2. The van der Waals surface area contributed by atoms with E-state index in [0.717, 1.165) is 57.6 Å². The Morgan fingerprint density at radius 2 is 2.19 bits per heavy atom. The number of benzene rings is 1. The van der Waals surface area contributed by atoms with Gasteiger partial charge in [-0.25, -0.2) is 0 Å². The van der Waals surface area contributed by atoms with Crippen molar-refractivity contribution in [3.05, 3.63) is 29.8 Å². The lowest BCUT2D eigenvalue weighted by Gasteiger charge is -2.37. The lowest BCUT2D eigenvalue weighted by atomic mass is 10.0. The van der Waals surface area contributed by atoms with Crippen LogP contribution >= 0.6 is 0 Å². The van der Waals surface area contributed by atoms with Crippen LogP contribution in [0.5, 0.6) is 5.75 Å². The van der Waals surface area contributed by atoms with Crippen LogP contribution in [0.3, 0.4) is 0 Å². The Kier molecular flexibility index (Phi) is 6.74. The summed E-state index contributed by atoms with van der Waals surface area (Å²) in [6.07, 6.45) is 0.942. The predicted molar refractivity (Wildman–Crippen MR) is 105 cm³/mol. The lowest BCUT2D eigenvalue weighted by molar-refractivity contribution is -0.0165. The first-order valence-corrected chi connectivity index (χ1v) is 9.79. The summed E-state index contributed by atoms with van der Waals surface area (Å²) < 4.78 is 11.3. The Balaban J connectivity index is 1.64. The zero-order valence-corrected chi connectivity index (χ0v) is 16.2. The summed E-state index contributed by atoms with van der Waals surface area (Å²) in [5, 5.41) is 6.98. The van der Waals surface area contributed by atoms with E-state index in [9.17, 15) is 0 Å². The topological polar surface area (TPSA) is 58.1 Å². The highest BCUT2D eigenvalue weighted by atomic mass is 16.5. The van der Waals surface area contributed by atoms with Crippen LogP contribution in [0.1, 0.15) is 38.8 Å². The van der Waals surface area contributed by atoms with Crippen LogP contribution in [0, 0.1) is 0 Å². The van der Waals surface area contributed by atoms with Gasteiger partial charge >= 0.3 is 0 Å². The van der Waals surface area contributed by atoms with E-state index in [-0.39, 0.29) is 6.04 Å². The third-order valence-electron chi connectivity index (χ3n) is 5.11. The molecule has 0 radical (unpaired) electrons. The van der Waals surface area contributed by atoms with Crippen molar-refractivity contribution in [2.75, 3.05) is 39.5 Å². The van der Waals surface area contributed by atoms with Gasteiger partial charge in [-0.15, -0.1) is 0 Å². The quantitative estimate of drug-likeness (QED) is 0.623. The molecule has 2 aliphatic heterocycles. The number of rotatable bonds is 5. The zero-order chi connectivity index (χ0) is 18.4. The molecule has 0 aliphatic carbocycles. The maximum Gasteiger partial charge on any atom is 0.191 e. The standard InChI is InChI=1S/C20H32N4O2/c1-4-21-20(22-13-15(2)24-10-12-25-14-16(24)3)23-18-9-11-26-19-8-6-5-7-17(18)19/h5-8,15-16,18H,4,9-14H2,1-3H3,(H2,21,22,23). The summed E-state index contributed by atoms with van der Waals surface area (Å²) in [6, 6.07) is 9.33. The van der Waals surface area contributed by atoms with Crippen molar-refractivity contribution < 1.29 is 9.47 Å². The number of guanidine groups is 1. The van der Waals surface area contributed by atoms with Crippen molar-refractivity contribution in [1.29, 1.82) is 0 Å². The molecule has 26 heavy (non-hydrogen) atoms. The lowest BCUT2D eigenvalue weighted by Crippen LogP contribution is -2.49. The minimum absolute atomic E-state index is 0.232. The molecular formula is C20H32N4O2. The van der Waals surface area contributed by atoms with Crippen LogP contribution in [0.4, 0.5) is 0 Å². The van der Waals surface area contributed by atoms with Crippen molar-refractivity contribution in [1.82, 2.24) is 15.5 Å². The Morgan fingerprint density at radius 3 is 3.00 bits per heavy atom. The largest absolute Gasteiger partial charge is 0.493 e. The van der Waals surface area contributed by atoms with Gasteiger partial charge in [-0.05, 0) is 26.8 Å². The van der Waals surface area contributed by atoms with Crippen LogP contribution in [-0.2, 0) is 4.74 Å². The molecule has 1 fully saturated rings. The van der Waals surface area contributed by atoms with Crippen molar-refractivity contribution in [2.24, 2.45) is 4.99 Å². The molecule has 2 heterocycles. The summed E-state index contributed by atoms with van der Waals surface area (Å²) in [6.45, 7) is 11.5. The highest BCUT2D eigenvalue weighted by molar-refractivity contribution is 5.80. The second-order valence-electron chi connectivity index (χ2n) is 7.10. The minimum atomic E-state index is 0.232. The first-order valence-electron chi connectivity index (χ1n) is 9.79. The SMILES string of the molecule is CCNC(=NCC(C)N1CCOCC1C)NC1CCOc2ccccc21. The highest BCUT2D eigenvalue weighted by Crippen LogP contribution is 2.31. The second-order valence-corrected chi connectivity index (χ2v) is 7.10. The zero-order valence-electron chi connectivity index (χ0n) is 16.2. The highest BCUT2D eigenvalue weighted by Gasteiger charge is 2.24. The van der Waals surface area contributed by atoms with E-state index in [1.54, 1.807) is 0 Å². The molecule has 2 N–H and O–H groups in total. The molecule has 1 aromatic carbocycles. The van der Waals surface area contributed by atoms with Gasteiger partial charge in [0.1, 0.15) is 5.75 Å². The van der Waals surface area contributed by atoms with Crippen molar-refractivity contribution in [2.45, 2.75) is 45.3 Å². The first kappa shape index (κ1) is 19.0. The van der Waals surface area contributed by atoms with E-state index in [1.807, 2.05) is 12.1 Å². The van der Waals surface area contributed by atoms with Crippen molar-refractivity contribution in [3.63, 3.8) is 0 Å². The fraction of sp³-hybridized carbons (Fsp3) is 0.650.